The molecule has 1 saturated heterocycles. The molecule has 1 aromatic carbocycles. The number of rotatable bonds is 3. The number of hydrogen-bond acceptors (Lipinski definition) is 4. The van der Waals surface area contributed by atoms with E-state index in [9.17, 15) is 9.90 Å². The molecule has 1 amide bonds. The molecule has 0 radical (unpaired) electrons. The molecule has 3 rings (SSSR count). The molecule has 0 spiro atoms. The van der Waals surface area contributed by atoms with Crippen LogP contribution in [-0.4, -0.2) is 60.1 Å². The molecule has 1 aliphatic heterocycles. The van der Waals surface area contributed by atoms with Crippen LogP contribution in [0.2, 0.25) is 0 Å². The van der Waals surface area contributed by atoms with Crippen LogP contribution < -0.4 is 0 Å². The summed E-state index contributed by atoms with van der Waals surface area (Å²) >= 11 is 0. The molecule has 118 valence electrons. The lowest BCUT2D eigenvalue weighted by Crippen LogP contribution is -2.43. The summed E-state index contributed by atoms with van der Waals surface area (Å²) in [6.07, 6.45) is 0.601. The van der Waals surface area contributed by atoms with Crippen molar-refractivity contribution < 1.29 is 14.3 Å². The van der Waals surface area contributed by atoms with Gasteiger partial charge in [-0.15, -0.1) is 0 Å². The third-order valence-corrected chi connectivity index (χ3v) is 4.13. The zero-order valence-corrected chi connectivity index (χ0v) is 13.3. The van der Waals surface area contributed by atoms with Gasteiger partial charge in [0.2, 0.25) is 0 Å². The van der Waals surface area contributed by atoms with Crippen LogP contribution >= 0.6 is 0 Å². The molecule has 0 saturated carbocycles. The van der Waals surface area contributed by atoms with E-state index >= 15 is 0 Å². The molecule has 1 fully saturated rings. The van der Waals surface area contributed by atoms with Crippen molar-refractivity contribution in [2.75, 3.05) is 33.7 Å². The van der Waals surface area contributed by atoms with E-state index in [-0.39, 0.29) is 5.91 Å². The monoisotopic (exact) mass is 302 g/mol. The minimum Gasteiger partial charge on any atom is -0.461 e. The standard InChI is InChI=1S/C17H22N2O3/c1-12-9-13-5-4-6-14(15(13)22-12)16(20)19-8-7-17(21,11-19)10-18(2)3/h4-6,9,21H,7-8,10-11H2,1-3H3/t17-/m1/s1. The van der Waals surface area contributed by atoms with Crippen molar-refractivity contribution in [3.8, 4) is 0 Å². The lowest BCUT2D eigenvalue weighted by molar-refractivity contribution is 0.0236. The number of fused-ring (bicyclic) bond motifs is 1. The van der Waals surface area contributed by atoms with Crippen molar-refractivity contribution in [2.24, 2.45) is 0 Å². The van der Waals surface area contributed by atoms with Gasteiger partial charge >= 0.3 is 0 Å². The highest BCUT2D eigenvalue weighted by Crippen LogP contribution is 2.27. The Labute approximate surface area is 130 Å². The number of nitrogens with zero attached hydrogens (tertiary/aromatic N) is 2. The van der Waals surface area contributed by atoms with E-state index < -0.39 is 5.60 Å². The van der Waals surface area contributed by atoms with Crippen molar-refractivity contribution in [1.29, 1.82) is 0 Å². The van der Waals surface area contributed by atoms with Crippen LogP contribution in [-0.2, 0) is 0 Å². The molecule has 0 aliphatic carbocycles. The van der Waals surface area contributed by atoms with Crippen LogP contribution in [0.15, 0.2) is 28.7 Å². The summed E-state index contributed by atoms with van der Waals surface area (Å²) in [6, 6.07) is 7.52. The summed E-state index contributed by atoms with van der Waals surface area (Å²) in [5.74, 6) is 0.718. The molecule has 5 nitrogen and oxygen atoms in total. The van der Waals surface area contributed by atoms with Gasteiger partial charge in [-0.1, -0.05) is 12.1 Å². The molecule has 5 heteroatoms. The van der Waals surface area contributed by atoms with Gasteiger partial charge in [-0.3, -0.25) is 4.79 Å². The van der Waals surface area contributed by atoms with Crippen LogP contribution in [0.5, 0.6) is 0 Å². The van der Waals surface area contributed by atoms with Gasteiger partial charge in [-0.05, 0) is 39.6 Å². The molecular formula is C17H22N2O3. The number of aliphatic hydroxyl groups is 1. The van der Waals surface area contributed by atoms with Crippen LogP contribution in [0.3, 0.4) is 0 Å². The molecule has 1 aliphatic rings. The molecule has 1 atom stereocenters. The van der Waals surface area contributed by atoms with E-state index in [0.29, 0.717) is 37.2 Å². The predicted octanol–water partition coefficient (Wildman–Crippen LogP) is 1.88. The number of benzene rings is 1. The van der Waals surface area contributed by atoms with Crippen molar-refractivity contribution >= 4 is 16.9 Å². The predicted molar refractivity (Wildman–Crippen MR) is 85.0 cm³/mol. The van der Waals surface area contributed by atoms with Gasteiger partial charge in [0, 0.05) is 18.5 Å². The SMILES string of the molecule is Cc1cc2cccc(C(=O)N3CC[C@@](O)(CN(C)C)C3)c2o1. The molecule has 0 bridgehead atoms. The summed E-state index contributed by atoms with van der Waals surface area (Å²) in [6.45, 7) is 3.36. The number of para-hydroxylation sites is 1. The minimum absolute atomic E-state index is 0.0744. The zero-order valence-electron chi connectivity index (χ0n) is 13.3. The maximum atomic E-state index is 12.8. The molecule has 0 unspecified atom stereocenters. The summed E-state index contributed by atoms with van der Waals surface area (Å²) in [4.78, 5) is 16.5. The Balaban J connectivity index is 1.85. The van der Waals surface area contributed by atoms with E-state index in [1.165, 1.54) is 0 Å². The Bertz CT molecular complexity index is 707. The number of hydrogen-bond donors (Lipinski definition) is 1. The first-order valence-electron chi connectivity index (χ1n) is 7.53. The average Bonchev–Trinajstić information content (AvgIpc) is 2.98. The summed E-state index contributed by atoms with van der Waals surface area (Å²) in [7, 11) is 3.85. The Kier molecular flexibility index (Phi) is 3.70. The van der Waals surface area contributed by atoms with Gasteiger partial charge in [0.15, 0.2) is 0 Å². The third-order valence-electron chi connectivity index (χ3n) is 4.13. The van der Waals surface area contributed by atoms with Gasteiger partial charge in [0.05, 0.1) is 17.7 Å². The second-order valence-corrected chi connectivity index (χ2v) is 6.52. The summed E-state index contributed by atoms with van der Waals surface area (Å²) in [5.41, 5.74) is 0.374. The number of carbonyl (C=O) groups is 1. The smallest absolute Gasteiger partial charge is 0.257 e. The van der Waals surface area contributed by atoms with E-state index in [2.05, 4.69) is 0 Å². The molecule has 2 heterocycles. The minimum atomic E-state index is -0.827. The van der Waals surface area contributed by atoms with Crippen LogP contribution in [0.25, 0.3) is 11.0 Å². The van der Waals surface area contributed by atoms with Gasteiger partial charge < -0.3 is 19.3 Å². The Morgan fingerprint density at radius 2 is 2.23 bits per heavy atom. The fraction of sp³-hybridized carbons (Fsp3) is 0.471. The van der Waals surface area contributed by atoms with Crippen molar-refractivity contribution in [3.63, 3.8) is 0 Å². The van der Waals surface area contributed by atoms with E-state index in [4.69, 9.17) is 4.42 Å². The summed E-state index contributed by atoms with van der Waals surface area (Å²) in [5, 5.41) is 11.5. The number of furan rings is 1. The number of likely N-dealkylation sites (N-methyl/N-ethyl adjacent to an activating group) is 1. The average molecular weight is 302 g/mol. The number of likely N-dealkylation sites (tertiary alicyclic amines) is 1. The fourth-order valence-electron chi connectivity index (χ4n) is 3.28. The lowest BCUT2D eigenvalue weighted by Gasteiger charge is -2.26. The number of aryl methyl sites for hydroxylation is 1. The molecular weight excluding hydrogens is 280 g/mol. The number of amides is 1. The van der Waals surface area contributed by atoms with Crippen LogP contribution in [0.4, 0.5) is 0 Å². The Morgan fingerprint density at radius 1 is 1.45 bits per heavy atom. The van der Waals surface area contributed by atoms with E-state index in [1.807, 2.05) is 44.1 Å². The Morgan fingerprint density at radius 3 is 2.95 bits per heavy atom. The van der Waals surface area contributed by atoms with Crippen molar-refractivity contribution in [1.82, 2.24) is 9.80 Å². The highest BCUT2D eigenvalue weighted by molar-refractivity contribution is 6.05. The highest BCUT2D eigenvalue weighted by Gasteiger charge is 2.39. The summed E-state index contributed by atoms with van der Waals surface area (Å²) < 4.78 is 5.68. The van der Waals surface area contributed by atoms with Crippen LogP contribution in [0.1, 0.15) is 22.5 Å². The largest absolute Gasteiger partial charge is 0.461 e. The second-order valence-electron chi connectivity index (χ2n) is 6.52. The van der Waals surface area contributed by atoms with Gasteiger partial charge in [-0.25, -0.2) is 0 Å². The highest BCUT2D eigenvalue weighted by atomic mass is 16.3. The van der Waals surface area contributed by atoms with Gasteiger partial charge in [0.25, 0.3) is 5.91 Å². The molecule has 2 aromatic rings. The quantitative estimate of drug-likeness (QED) is 0.940. The molecule has 22 heavy (non-hydrogen) atoms. The zero-order chi connectivity index (χ0) is 15.9. The topological polar surface area (TPSA) is 56.9 Å². The normalized spacial score (nSPS) is 22.0. The molecule has 1 N–H and O–H groups in total. The number of carbonyl (C=O) groups excluding carboxylic acids is 1. The van der Waals surface area contributed by atoms with E-state index in [0.717, 1.165) is 11.1 Å². The first-order valence-corrected chi connectivity index (χ1v) is 7.53. The first-order chi connectivity index (χ1) is 10.4. The number of β-amino-alcohol motifs (C(OH)–C–C–N with tert-alkyl or cyclic N) is 1. The Hall–Kier alpha value is -1.85. The van der Waals surface area contributed by atoms with Crippen LogP contribution in [0, 0.1) is 6.92 Å². The van der Waals surface area contributed by atoms with E-state index in [1.54, 1.807) is 11.0 Å². The molecule has 1 aromatic heterocycles. The first kappa shape index (κ1) is 15.1. The van der Waals surface area contributed by atoms with Gasteiger partial charge in [0.1, 0.15) is 11.3 Å². The third kappa shape index (κ3) is 2.74. The van der Waals surface area contributed by atoms with Crippen molar-refractivity contribution in [3.05, 3.63) is 35.6 Å². The fourth-order valence-corrected chi connectivity index (χ4v) is 3.28. The van der Waals surface area contributed by atoms with Crippen molar-refractivity contribution in [2.45, 2.75) is 18.9 Å². The maximum Gasteiger partial charge on any atom is 0.257 e. The maximum absolute atomic E-state index is 12.8. The lowest BCUT2D eigenvalue weighted by atomic mass is 10.0. The van der Waals surface area contributed by atoms with Gasteiger partial charge in [-0.2, -0.15) is 0 Å². The second kappa shape index (κ2) is 5.41.